The van der Waals surface area contributed by atoms with Gasteiger partial charge >= 0.3 is 0 Å². The fourth-order valence-corrected chi connectivity index (χ4v) is 3.94. The van der Waals surface area contributed by atoms with Crippen molar-refractivity contribution in [2.45, 2.75) is 20.4 Å². The Bertz CT molecular complexity index is 892. The minimum Gasteiger partial charge on any atom is -0.462 e. The van der Waals surface area contributed by atoms with E-state index in [0.717, 1.165) is 41.0 Å². The van der Waals surface area contributed by atoms with Crippen molar-refractivity contribution < 1.29 is 13.7 Å². The Balaban J connectivity index is 1.39. The zero-order chi connectivity index (χ0) is 18.1. The first-order chi connectivity index (χ1) is 12.6. The molecule has 4 heterocycles. The fourth-order valence-electron chi connectivity index (χ4n) is 3.07. The third-order valence-electron chi connectivity index (χ3n) is 4.45. The summed E-state index contributed by atoms with van der Waals surface area (Å²) in [5, 5.41) is 4.66. The molecule has 0 N–H and O–H groups in total. The molecule has 0 atom stereocenters. The van der Waals surface area contributed by atoms with Crippen LogP contribution in [0, 0.1) is 13.8 Å². The second-order valence-corrected chi connectivity index (χ2v) is 7.61. The molecular formula is C18H20N4O3S. The Morgan fingerprint density at radius 3 is 2.73 bits per heavy atom. The summed E-state index contributed by atoms with van der Waals surface area (Å²) in [7, 11) is 0. The molecule has 1 amide bonds. The average Bonchev–Trinajstić information content (AvgIpc) is 3.36. The van der Waals surface area contributed by atoms with Crippen molar-refractivity contribution in [3.05, 3.63) is 46.5 Å². The molecule has 0 radical (unpaired) electrons. The minimum atomic E-state index is -0.00767. The standard InChI is InChI=1S/C18H20N4O3S/c1-12-10-14(25-20-12)11-21-5-7-22(8-6-21)18(23)16-13(2)26-17(19-16)15-4-3-9-24-15/h3-4,9-10H,5-8,11H2,1-2H3. The highest BCUT2D eigenvalue weighted by Crippen LogP contribution is 2.28. The van der Waals surface area contributed by atoms with E-state index < -0.39 is 0 Å². The number of hydrogen-bond acceptors (Lipinski definition) is 7. The molecule has 0 saturated carbocycles. The van der Waals surface area contributed by atoms with E-state index in [2.05, 4.69) is 15.0 Å². The average molecular weight is 372 g/mol. The molecule has 1 aliphatic heterocycles. The normalized spacial score (nSPS) is 15.5. The SMILES string of the molecule is Cc1cc(CN2CCN(C(=O)c3nc(-c4ccco4)sc3C)CC2)on1. The second-order valence-electron chi connectivity index (χ2n) is 6.40. The van der Waals surface area contributed by atoms with Crippen molar-refractivity contribution in [1.82, 2.24) is 19.9 Å². The summed E-state index contributed by atoms with van der Waals surface area (Å²) in [5.74, 6) is 1.55. The summed E-state index contributed by atoms with van der Waals surface area (Å²) < 4.78 is 10.7. The molecule has 3 aromatic heterocycles. The van der Waals surface area contributed by atoms with E-state index in [-0.39, 0.29) is 5.91 Å². The number of rotatable bonds is 4. The van der Waals surface area contributed by atoms with Crippen molar-refractivity contribution in [3.63, 3.8) is 0 Å². The number of carbonyl (C=O) groups excluding carboxylic acids is 1. The van der Waals surface area contributed by atoms with Gasteiger partial charge in [-0.15, -0.1) is 11.3 Å². The summed E-state index contributed by atoms with van der Waals surface area (Å²) in [6, 6.07) is 5.63. The maximum absolute atomic E-state index is 12.9. The summed E-state index contributed by atoms with van der Waals surface area (Å²) in [5.41, 5.74) is 1.42. The van der Waals surface area contributed by atoms with Crippen LogP contribution < -0.4 is 0 Å². The highest BCUT2D eigenvalue weighted by Gasteiger charge is 2.26. The molecule has 1 fully saturated rings. The van der Waals surface area contributed by atoms with Gasteiger partial charge in [-0.1, -0.05) is 5.16 Å². The lowest BCUT2D eigenvalue weighted by Gasteiger charge is -2.33. The Morgan fingerprint density at radius 1 is 1.27 bits per heavy atom. The number of hydrogen-bond donors (Lipinski definition) is 0. The molecule has 26 heavy (non-hydrogen) atoms. The largest absolute Gasteiger partial charge is 0.462 e. The van der Waals surface area contributed by atoms with Gasteiger partial charge in [0.15, 0.2) is 16.5 Å². The van der Waals surface area contributed by atoms with Crippen LogP contribution in [-0.2, 0) is 6.54 Å². The highest BCUT2D eigenvalue weighted by atomic mass is 32.1. The maximum Gasteiger partial charge on any atom is 0.273 e. The first-order valence-corrected chi connectivity index (χ1v) is 9.37. The van der Waals surface area contributed by atoms with Crippen LogP contribution in [0.2, 0.25) is 0 Å². The van der Waals surface area contributed by atoms with Gasteiger partial charge in [0, 0.05) is 37.1 Å². The van der Waals surface area contributed by atoms with Crippen LogP contribution >= 0.6 is 11.3 Å². The van der Waals surface area contributed by atoms with E-state index in [4.69, 9.17) is 8.94 Å². The molecule has 8 heteroatoms. The third-order valence-corrected chi connectivity index (χ3v) is 5.43. The predicted octanol–water partition coefficient (Wildman–Crippen LogP) is 2.97. The number of thiazole rings is 1. The molecule has 7 nitrogen and oxygen atoms in total. The summed E-state index contributed by atoms with van der Waals surface area (Å²) in [6.07, 6.45) is 1.61. The van der Waals surface area contributed by atoms with E-state index in [1.807, 2.05) is 36.9 Å². The fraction of sp³-hybridized carbons (Fsp3) is 0.389. The molecule has 0 aromatic carbocycles. The minimum absolute atomic E-state index is 0.00767. The monoisotopic (exact) mass is 372 g/mol. The molecule has 0 bridgehead atoms. The van der Waals surface area contributed by atoms with Gasteiger partial charge in [0.25, 0.3) is 5.91 Å². The van der Waals surface area contributed by atoms with Crippen molar-refractivity contribution in [2.24, 2.45) is 0 Å². The number of furan rings is 1. The summed E-state index contributed by atoms with van der Waals surface area (Å²) in [6.45, 7) is 7.54. The molecule has 0 unspecified atom stereocenters. The van der Waals surface area contributed by atoms with Gasteiger partial charge in [-0.05, 0) is 26.0 Å². The number of aryl methyl sites for hydroxylation is 2. The number of piperazine rings is 1. The molecular weight excluding hydrogens is 352 g/mol. The molecule has 3 aromatic rings. The van der Waals surface area contributed by atoms with E-state index in [0.29, 0.717) is 24.5 Å². The van der Waals surface area contributed by atoms with Crippen molar-refractivity contribution in [1.29, 1.82) is 0 Å². The molecule has 1 saturated heterocycles. The van der Waals surface area contributed by atoms with Crippen LogP contribution in [0.25, 0.3) is 10.8 Å². The lowest BCUT2D eigenvalue weighted by atomic mass is 10.2. The van der Waals surface area contributed by atoms with Gasteiger partial charge in [0.05, 0.1) is 18.5 Å². The molecule has 4 rings (SSSR count). The molecule has 136 valence electrons. The quantitative estimate of drug-likeness (QED) is 0.701. The summed E-state index contributed by atoms with van der Waals surface area (Å²) >= 11 is 1.49. The topological polar surface area (TPSA) is 75.6 Å². The Morgan fingerprint density at radius 2 is 2.08 bits per heavy atom. The maximum atomic E-state index is 12.9. The van der Waals surface area contributed by atoms with Gasteiger partial charge in [0.2, 0.25) is 0 Å². The zero-order valence-corrected chi connectivity index (χ0v) is 15.6. The number of nitrogens with zero attached hydrogens (tertiary/aromatic N) is 4. The third kappa shape index (κ3) is 3.42. The van der Waals surface area contributed by atoms with Crippen LogP contribution in [-0.4, -0.2) is 52.0 Å². The van der Waals surface area contributed by atoms with E-state index in [1.165, 1.54) is 11.3 Å². The number of carbonyl (C=O) groups is 1. The van der Waals surface area contributed by atoms with Crippen LogP contribution in [0.3, 0.4) is 0 Å². The Kier molecular flexibility index (Phi) is 4.60. The van der Waals surface area contributed by atoms with Crippen LogP contribution in [0.4, 0.5) is 0 Å². The van der Waals surface area contributed by atoms with Gasteiger partial charge in [-0.25, -0.2) is 4.98 Å². The summed E-state index contributed by atoms with van der Waals surface area (Å²) in [4.78, 5) is 22.4. The predicted molar refractivity (Wildman–Crippen MR) is 97.0 cm³/mol. The smallest absolute Gasteiger partial charge is 0.273 e. The van der Waals surface area contributed by atoms with Crippen molar-refractivity contribution in [3.8, 4) is 10.8 Å². The molecule has 1 aliphatic rings. The second kappa shape index (κ2) is 7.05. The zero-order valence-electron chi connectivity index (χ0n) is 14.8. The Hall–Kier alpha value is -2.45. The lowest BCUT2D eigenvalue weighted by molar-refractivity contribution is 0.0612. The van der Waals surface area contributed by atoms with Crippen LogP contribution in [0.5, 0.6) is 0 Å². The lowest BCUT2D eigenvalue weighted by Crippen LogP contribution is -2.48. The first-order valence-electron chi connectivity index (χ1n) is 8.55. The van der Waals surface area contributed by atoms with Gasteiger partial charge in [0.1, 0.15) is 5.69 Å². The van der Waals surface area contributed by atoms with Crippen LogP contribution in [0.1, 0.15) is 26.8 Å². The Labute approximate surface area is 155 Å². The van der Waals surface area contributed by atoms with E-state index in [1.54, 1.807) is 6.26 Å². The number of amides is 1. The van der Waals surface area contributed by atoms with Gasteiger partial charge < -0.3 is 13.8 Å². The highest BCUT2D eigenvalue weighted by molar-refractivity contribution is 7.15. The van der Waals surface area contributed by atoms with Gasteiger partial charge in [-0.3, -0.25) is 9.69 Å². The molecule has 0 aliphatic carbocycles. The van der Waals surface area contributed by atoms with Crippen molar-refractivity contribution >= 4 is 17.2 Å². The first kappa shape index (κ1) is 17.0. The van der Waals surface area contributed by atoms with E-state index in [9.17, 15) is 4.79 Å². The van der Waals surface area contributed by atoms with Gasteiger partial charge in [-0.2, -0.15) is 0 Å². The van der Waals surface area contributed by atoms with Crippen molar-refractivity contribution in [2.75, 3.05) is 26.2 Å². The number of aromatic nitrogens is 2. The molecule has 0 spiro atoms. The van der Waals surface area contributed by atoms with E-state index >= 15 is 0 Å². The van der Waals surface area contributed by atoms with Crippen LogP contribution in [0.15, 0.2) is 33.4 Å².